The monoisotopic (exact) mass is 272 g/mol. The van der Waals surface area contributed by atoms with Crippen LogP contribution in [0.5, 0.6) is 0 Å². The molecule has 0 bridgehead atoms. The number of benzene rings is 1. The van der Waals surface area contributed by atoms with E-state index in [1.54, 1.807) is 11.0 Å². The topological polar surface area (TPSA) is 46.3 Å². The van der Waals surface area contributed by atoms with E-state index in [2.05, 4.69) is 15.9 Å². The molecule has 1 amide bonds. The number of halogens is 2. The van der Waals surface area contributed by atoms with Gasteiger partial charge in [0.25, 0.3) is 5.91 Å². The lowest BCUT2D eigenvalue weighted by atomic mass is 10.1. The third-order valence-corrected chi connectivity index (χ3v) is 3.18. The number of rotatable bonds is 1. The van der Waals surface area contributed by atoms with Gasteiger partial charge in [-0.25, -0.2) is 4.39 Å². The van der Waals surface area contributed by atoms with Crippen LogP contribution < -0.4 is 5.73 Å². The Labute approximate surface area is 95.2 Å². The van der Waals surface area contributed by atoms with Crippen LogP contribution in [-0.2, 0) is 0 Å². The van der Waals surface area contributed by atoms with Crippen molar-refractivity contribution < 1.29 is 9.18 Å². The number of hydrogen-bond donors (Lipinski definition) is 1. The number of hydrogen-bond acceptors (Lipinski definition) is 2. The van der Waals surface area contributed by atoms with Crippen molar-refractivity contribution in [2.75, 3.05) is 13.1 Å². The van der Waals surface area contributed by atoms with Crippen LogP contribution in [0.2, 0.25) is 0 Å². The van der Waals surface area contributed by atoms with Gasteiger partial charge in [0, 0.05) is 19.1 Å². The molecule has 1 fully saturated rings. The minimum atomic E-state index is -0.425. The van der Waals surface area contributed by atoms with Crippen LogP contribution in [0.25, 0.3) is 0 Å². The molecule has 0 aliphatic carbocycles. The Kier molecular flexibility index (Phi) is 2.75. The van der Waals surface area contributed by atoms with Crippen molar-refractivity contribution in [2.45, 2.75) is 6.04 Å². The second-order valence-corrected chi connectivity index (χ2v) is 4.36. The summed E-state index contributed by atoms with van der Waals surface area (Å²) in [4.78, 5) is 13.4. The van der Waals surface area contributed by atoms with Crippen molar-refractivity contribution in [3.05, 3.63) is 34.1 Å². The summed E-state index contributed by atoms with van der Waals surface area (Å²) in [5.41, 5.74) is 5.92. The highest BCUT2D eigenvalue weighted by atomic mass is 79.9. The van der Waals surface area contributed by atoms with Gasteiger partial charge in [-0.05, 0) is 28.1 Å². The van der Waals surface area contributed by atoms with Crippen molar-refractivity contribution in [1.82, 2.24) is 4.90 Å². The summed E-state index contributed by atoms with van der Waals surface area (Å²) in [6, 6.07) is 4.48. The van der Waals surface area contributed by atoms with Gasteiger partial charge in [-0.3, -0.25) is 4.79 Å². The molecule has 1 aromatic carbocycles. The van der Waals surface area contributed by atoms with E-state index in [9.17, 15) is 9.18 Å². The van der Waals surface area contributed by atoms with Crippen molar-refractivity contribution in [3.8, 4) is 0 Å². The van der Waals surface area contributed by atoms with Crippen LogP contribution in [0.4, 0.5) is 4.39 Å². The number of carbonyl (C=O) groups is 1. The van der Waals surface area contributed by atoms with Gasteiger partial charge in [0.1, 0.15) is 5.82 Å². The van der Waals surface area contributed by atoms with Crippen molar-refractivity contribution >= 4 is 21.8 Å². The Balaban J connectivity index is 2.22. The van der Waals surface area contributed by atoms with Crippen LogP contribution in [0, 0.1) is 5.82 Å². The second kappa shape index (κ2) is 3.90. The number of nitrogens with zero attached hydrogens (tertiary/aromatic N) is 1. The quantitative estimate of drug-likeness (QED) is 0.840. The Hall–Kier alpha value is -0.940. The van der Waals surface area contributed by atoms with Gasteiger partial charge >= 0.3 is 0 Å². The molecule has 1 saturated heterocycles. The standard InChI is InChI=1S/C10H10BrFN2O/c11-9-7(2-1-3-8(9)12)10(15)14-4-6(13)5-14/h1-3,6H,4-5,13H2. The van der Waals surface area contributed by atoms with E-state index in [1.807, 2.05) is 0 Å². The molecule has 0 saturated carbocycles. The summed E-state index contributed by atoms with van der Waals surface area (Å²) in [5, 5.41) is 0. The highest BCUT2D eigenvalue weighted by molar-refractivity contribution is 9.10. The zero-order valence-electron chi connectivity index (χ0n) is 7.91. The molecule has 1 aliphatic rings. The van der Waals surface area contributed by atoms with Crippen molar-refractivity contribution in [1.29, 1.82) is 0 Å². The molecule has 0 spiro atoms. The van der Waals surface area contributed by atoms with Gasteiger partial charge < -0.3 is 10.6 Å². The number of likely N-dealkylation sites (tertiary alicyclic amines) is 1. The van der Waals surface area contributed by atoms with E-state index in [0.29, 0.717) is 18.7 Å². The molecule has 5 heteroatoms. The number of nitrogens with two attached hydrogens (primary N) is 1. The number of amides is 1. The maximum absolute atomic E-state index is 13.2. The summed E-state index contributed by atoms with van der Waals surface area (Å²) in [7, 11) is 0. The third kappa shape index (κ3) is 1.89. The average Bonchev–Trinajstić information content (AvgIpc) is 2.16. The van der Waals surface area contributed by atoms with E-state index in [4.69, 9.17) is 5.73 Å². The molecular formula is C10H10BrFN2O. The molecular weight excluding hydrogens is 263 g/mol. The van der Waals surface area contributed by atoms with E-state index in [1.165, 1.54) is 12.1 Å². The lowest BCUT2D eigenvalue weighted by Crippen LogP contribution is -2.57. The third-order valence-electron chi connectivity index (χ3n) is 2.38. The van der Waals surface area contributed by atoms with Crippen LogP contribution in [0.1, 0.15) is 10.4 Å². The maximum Gasteiger partial charge on any atom is 0.255 e. The Morgan fingerprint density at radius 1 is 1.53 bits per heavy atom. The normalized spacial score (nSPS) is 16.3. The highest BCUT2D eigenvalue weighted by Crippen LogP contribution is 2.23. The predicted octanol–water partition coefficient (Wildman–Crippen LogP) is 1.37. The largest absolute Gasteiger partial charge is 0.335 e. The fraction of sp³-hybridized carbons (Fsp3) is 0.300. The fourth-order valence-electron chi connectivity index (χ4n) is 1.52. The van der Waals surface area contributed by atoms with Gasteiger partial charge in [-0.1, -0.05) is 6.07 Å². The fourth-order valence-corrected chi connectivity index (χ4v) is 1.95. The molecule has 15 heavy (non-hydrogen) atoms. The van der Waals surface area contributed by atoms with Gasteiger partial charge in [-0.2, -0.15) is 0 Å². The smallest absolute Gasteiger partial charge is 0.255 e. The first-order valence-corrected chi connectivity index (χ1v) is 5.37. The van der Waals surface area contributed by atoms with Crippen LogP contribution in [0.3, 0.4) is 0 Å². The molecule has 0 radical (unpaired) electrons. The lowest BCUT2D eigenvalue weighted by Gasteiger charge is -2.37. The Bertz CT molecular complexity index is 404. The zero-order chi connectivity index (χ0) is 11.0. The number of carbonyl (C=O) groups excluding carboxylic acids is 1. The minimum absolute atomic E-state index is 0.0567. The molecule has 1 aromatic rings. The zero-order valence-corrected chi connectivity index (χ0v) is 9.50. The van der Waals surface area contributed by atoms with E-state index >= 15 is 0 Å². The molecule has 0 atom stereocenters. The summed E-state index contributed by atoms with van der Waals surface area (Å²) in [6.07, 6.45) is 0. The molecule has 0 unspecified atom stereocenters. The molecule has 80 valence electrons. The molecule has 2 N–H and O–H groups in total. The lowest BCUT2D eigenvalue weighted by molar-refractivity contribution is 0.0606. The maximum atomic E-state index is 13.2. The highest BCUT2D eigenvalue weighted by Gasteiger charge is 2.29. The minimum Gasteiger partial charge on any atom is -0.335 e. The van der Waals surface area contributed by atoms with Gasteiger partial charge in [-0.15, -0.1) is 0 Å². The molecule has 1 aliphatic heterocycles. The van der Waals surface area contributed by atoms with Gasteiger partial charge in [0.2, 0.25) is 0 Å². The van der Waals surface area contributed by atoms with Gasteiger partial charge in [0.15, 0.2) is 0 Å². The van der Waals surface area contributed by atoms with Crippen LogP contribution in [-0.4, -0.2) is 29.9 Å². The summed E-state index contributed by atoms with van der Waals surface area (Å²) < 4.78 is 13.4. The van der Waals surface area contributed by atoms with Crippen LogP contribution >= 0.6 is 15.9 Å². The molecule has 0 aromatic heterocycles. The predicted molar refractivity (Wildman–Crippen MR) is 58.0 cm³/mol. The second-order valence-electron chi connectivity index (χ2n) is 3.57. The summed E-state index contributed by atoms with van der Waals surface area (Å²) in [5.74, 6) is -0.603. The summed E-state index contributed by atoms with van der Waals surface area (Å²) >= 11 is 3.06. The molecule has 2 rings (SSSR count). The first kappa shape index (κ1) is 10.6. The van der Waals surface area contributed by atoms with Crippen molar-refractivity contribution in [2.24, 2.45) is 5.73 Å². The van der Waals surface area contributed by atoms with E-state index in [0.717, 1.165) is 0 Å². The van der Waals surface area contributed by atoms with E-state index < -0.39 is 5.82 Å². The first-order valence-electron chi connectivity index (χ1n) is 4.58. The van der Waals surface area contributed by atoms with Crippen LogP contribution in [0.15, 0.2) is 22.7 Å². The summed E-state index contributed by atoms with van der Waals surface area (Å²) in [6.45, 7) is 1.09. The van der Waals surface area contributed by atoms with E-state index in [-0.39, 0.29) is 16.4 Å². The first-order chi connectivity index (χ1) is 7.09. The van der Waals surface area contributed by atoms with Crippen molar-refractivity contribution in [3.63, 3.8) is 0 Å². The molecule has 1 heterocycles. The Morgan fingerprint density at radius 2 is 2.20 bits per heavy atom. The molecule has 3 nitrogen and oxygen atoms in total. The Morgan fingerprint density at radius 3 is 2.80 bits per heavy atom. The SMILES string of the molecule is NC1CN(C(=O)c2cccc(F)c2Br)C1. The average molecular weight is 273 g/mol. The van der Waals surface area contributed by atoms with Gasteiger partial charge in [0.05, 0.1) is 10.0 Å².